The lowest BCUT2D eigenvalue weighted by Crippen LogP contribution is -2.60. The summed E-state index contributed by atoms with van der Waals surface area (Å²) in [5, 5.41) is 17.6. The summed E-state index contributed by atoms with van der Waals surface area (Å²) in [4.78, 5) is 16.8. The lowest BCUT2D eigenvalue weighted by Gasteiger charge is -2.51. The van der Waals surface area contributed by atoms with E-state index in [2.05, 4.69) is 44.5 Å². The molecule has 3 aromatic heterocycles. The Labute approximate surface area is 168 Å². The molecule has 2 N–H and O–H groups in total. The molecule has 0 aromatic carbocycles. The minimum atomic E-state index is 0.410. The largest absolute Gasteiger partial charge is 0.367 e. The van der Waals surface area contributed by atoms with Crippen LogP contribution in [-0.4, -0.2) is 45.3 Å². The Morgan fingerprint density at radius 2 is 2.29 bits per heavy atom. The summed E-state index contributed by atoms with van der Waals surface area (Å²) in [6.45, 7) is 2.32. The van der Waals surface area contributed by atoms with Crippen LogP contribution in [0.4, 0.5) is 16.8 Å². The van der Waals surface area contributed by atoms with Gasteiger partial charge in [0.2, 0.25) is 7.41 Å². The van der Waals surface area contributed by atoms with Gasteiger partial charge in [-0.05, 0) is 43.4 Å². The molecule has 0 amide bonds. The smallest absolute Gasteiger partial charge is 0.206 e. The Kier molecular flexibility index (Phi) is 4.38. The lowest BCUT2D eigenvalue weighted by atomic mass is 9.63. The highest BCUT2D eigenvalue weighted by molar-refractivity contribution is 7.16. The van der Waals surface area contributed by atoms with Crippen LogP contribution in [0, 0.1) is 11.3 Å². The van der Waals surface area contributed by atoms with Crippen LogP contribution in [0.15, 0.2) is 30.6 Å². The van der Waals surface area contributed by atoms with Gasteiger partial charge in [0.15, 0.2) is 5.13 Å². The molecule has 3 aromatic rings. The van der Waals surface area contributed by atoms with Crippen molar-refractivity contribution in [1.29, 1.82) is 5.26 Å². The Bertz CT molecular complexity index is 1050. The zero-order valence-corrected chi connectivity index (χ0v) is 16.4. The van der Waals surface area contributed by atoms with Gasteiger partial charge in [-0.3, -0.25) is 4.98 Å². The summed E-state index contributed by atoms with van der Waals surface area (Å²) in [5.74, 6) is 1.54. The third-order valence-electron chi connectivity index (χ3n) is 5.73. The van der Waals surface area contributed by atoms with E-state index in [0.29, 0.717) is 34.0 Å². The molecule has 7 nitrogen and oxygen atoms in total. The average molecular weight is 389 g/mol. The highest BCUT2D eigenvalue weighted by Gasteiger charge is 2.39. The fourth-order valence-electron chi connectivity index (χ4n) is 4.32. The number of pyridine rings is 2. The Balaban J connectivity index is 1.44. The maximum atomic E-state index is 9.00. The molecule has 2 fully saturated rings. The summed E-state index contributed by atoms with van der Waals surface area (Å²) in [6.07, 6.45) is 6.94. The second-order valence-corrected chi connectivity index (χ2v) is 8.57. The summed E-state index contributed by atoms with van der Waals surface area (Å²) in [6, 6.07) is 9.75. The van der Waals surface area contributed by atoms with E-state index in [-0.39, 0.29) is 0 Å². The summed E-state index contributed by atoms with van der Waals surface area (Å²) in [7, 11) is 1.24. The first-order valence-corrected chi connectivity index (χ1v) is 10.4. The Morgan fingerprint density at radius 1 is 1.36 bits per heavy atom. The first kappa shape index (κ1) is 17.4. The standard InChI is InChI=1S/C19H20BN7S/c1-11-5-12(6-13-8-20-27(11)13)24-18-15-3-2-4-22-16(15)7-17(25-18)26-19-23-10-14(9-21)28-19/h2-4,7,10-13,20H,5-6,8H2,1H3,(H2,23,24,25,26)/t11-,12-,13-/m1/s1. The normalized spacial score (nSPS) is 23.9. The fourth-order valence-corrected chi connectivity index (χ4v) is 4.94. The molecule has 0 saturated carbocycles. The summed E-state index contributed by atoms with van der Waals surface area (Å²) < 4.78 is 0. The quantitative estimate of drug-likeness (QED) is 0.663. The number of aromatic nitrogens is 3. The third-order valence-corrected chi connectivity index (χ3v) is 6.55. The van der Waals surface area contributed by atoms with E-state index in [1.165, 1.54) is 25.1 Å². The number of hydrogen-bond acceptors (Lipinski definition) is 8. The van der Waals surface area contributed by atoms with Crippen molar-refractivity contribution >= 4 is 46.4 Å². The van der Waals surface area contributed by atoms with Crippen LogP contribution in [0.2, 0.25) is 6.32 Å². The highest BCUT2D eigenvalue weighted by Crippen LogP contribution is 2.34. The minimum Gasteiger partial charge on any atom is -0.367 e. The van der Waals surface area contributed by atoms with Crippen LogP contribution in [0.25, 0.3) is 10.9 Å². The van der Waals surface area contributed by atoms with Crippen molar-refractivity contribution in [2.24, 2.45) is 0 Å². The van der Waals surface area contributed by atoms with Crippen molar-refractivity contribution < 1.29 is 0 Å². The van der Waals surface area contributed by atoms with Crippen molar-refractivity contribution in [2.75, 3.05) is 10.6 Å². The van der Waals surface area contributed by atoms with Crippen LogP contribution in [0.1, 0.15) is 24.6 Å². The molecule has 2 aliphatic heterocycles. The Hall–Kier alpha value is -2.70. The van der Waals surface area contributed by atoms with Gasteiger partial charge in [-0.25, -0.2) is 9.97 Å². The highest BCUT2D eigenvalue weighted by atomic mass is 32.1. The monoisotopic (exact) mass is 389 g/mol. The minimum absolute atomic E-state index is 0.410. The molecule has 9 heteroatoms. The molecule has 5 heterocycles. The molecule has 5 rings (SSSR count). The fraction of sp³-hybridized carbons (Fsp3) is 0.368. The van der Waals surface area contributed by atoms with Crippen molar-refractivity contribution in [2.45, 2.75) is 44.2 Å². The van der Waals surface area contributed by atoms with Gasteiger partial charge in [0.05, 0.1) is 11.7 Å². The molecule has 28 heavy (non-hydrogen) atoms. The number of piperidine rings is 1. The lowest BCUT2D eigenvalue weighted by molar-refractivity contribution is 0.159. The first-order valence-electron chi connectivity index (χ1n) is 9.60. The van der Waals surface area contributed by atoms with Crippen LogP contribution in [0.5, 0.6) is 0 Å². The summed E-state index contributed by atoms with van der Waals surface area (Å²) in [5.41, 5.74) is 0.883. The predicted molar refractivity (Wildman–Crippen MR) is 113 cm³/mol. The molecule has 0 bridgehead atoms. The van der Waals surface area contributed by atoms with Crippen molar-refractivity contribution in [3.05, 3.63) is 35.5 Å². The number of anilines is 3. The van der Waals surface area contributed by atoms with Crippen LogP contribution >= 0.6 is 11.3 Å². The van der Waals surface area contributed by atoms with E-state index in [1.807, 2.05) is 12.1 Å². The van der Waals surface area contributed by atoms with E-state index >= 15 is 0 Å². The number of rotatable bonds is 4. The first-order chi connectivity index (χ1) is 13.7. The van der Waals surface area contributed by atoms with Gasteiger partial charge in [-0.2, -0.15) is 5.26 Å². The van der Waals surface area contributed by atoms with E-state index in [9.17, 15) is 0 Å². The molecule has 0 unspecified atom stereocenters. The SMILES string of the molecule is C[C@@H]1C[C@@H](Nc2nc(Nc3ncc(C#N)s3)cc3ncccc23)C[C@@H]2CBN21. The number of hydrogen-bond donors (Lipinski definition) is 2. The topological polar surface area (TPSA) is 89.8 Å². The zero-order valence-electron chi connectivity index (χ0n) is 15.6. The van der Waals surface area contributed by atoms with Gasteiger partial charge in [-0.15, -0.1) is 0 Å². The van der Waals surface area contributed by atoms with Gasteiger partial charge in [0.25, 0.3) is 0 Å². The summed E-state index contributed by atoms with van der Waals surface area (Å²) >= 11 is 1.31. The third kappa shape index (κ3) is 3.19. The van der Waals surface area contributed by atoms with Crippen LogP contribution in [-0.2, 0) is 0 Å². The van der Waals surface area contributed by atoms with E-state index in [0.717, 1.165) is 29.6 Å². The molecule has 2 saturated heterocycles. The maximum Gasteiger partial charge on any atom is 0.206 e. The average Bonchev–Trinajstić information content (AvgIpc) is 3.11. The Morgan fingerprint density at radius 3 is 3.04 bits per heavy atom. The number of nitrogens with zero attached hydrogens (tertiary/aromatic N) is 5. The van der Waals surface area contributed by atoms with Gasteiger partial charge in [0.1, 0.15) is 22.6 Å². The molecular weight excluding hydrogens is 369 g/mol. The van der Waals surface area contributed by atoms with Gasteiger partial charge < -0.3 is 15.4 Å². The molecule has 2 aliphatic rings. The van der Waals surface area contributed by atoms with Crippen molar-refractivity contribution in [3.8, 4) is 6.07 Å². The maximum absolute atomic E-state index is 9.00. The molecule has 0 spiro atoms. The molecular formula is C19H20BN7S. The predicted octanol–water partition coefficient (Wildman–Crippen LogP) is 3.12. The number of nitrogens with one attached hydrogen (secondary N) is 2. The van der Waals surface area contributed by atoms with Gasteiger partial charge in [0, 0.05) is 23.7 Å². The second kappa shape index (κ2) is 7.04. The van der Waals surface area contributed by atoms with Gasteiger partial charge in [-0.1, -0.05) is 18.3 Å². The van der Waals surface area contributed by atoms with E-state index in [4.69, 9.17) is 10.2 Å². The number of nitriles is 1. The van der Waals surface area contributed by atoms with Crippen molar-refractivity contribution in [3.63, 3.8) is 0 Å². The second-order valence-electron chi connectivity index (χ2n) is 7.53. The van der Waals surface area contributed by atoms with E-state index in [1.54, 1.807) is 12.4 Å². The van der Waals surface area contributed by atoms with Gasteiger partial charge >= 0.3 is 0 Å². The molecule has 0 radical (unpaired) electrons. The number of thiazole rings is 1. The van der Waals surface area contributed by atoms with Crippen molar-refractivity contribution in [1.82, 2.24) is 19.8 Å². The van der Waals surface area contributed by atoms with Crippen LogP contribution in [0.3, 0.4) is 0 Å². The van der Waals surface area contributed by atoms with E-state index < -0.39 is 0 Å². The molecule has 3 atom stereocenters. The van der Waals surface area contributed by atoms with Crippen LogP contribution < -0.4 is 10.6 Å². The zero-order chi connectivity index (χ0) is 19.1. The number of fused-ring (bicyclic) bond motifs is 2. The molecule has 140 valence electrons. The molecule has 0 aliphatic carbocycles.